The Labute approximate surface area is 199 Å². The number of hydrogen-bond donors (Lipinski definition) is 1. The molecule has 0 saturated heterocycles. The molecule has 0 aliphatic rings. The summed E-state index contributed by atoms with van der Waals surface area (Å²) in [6.45, 7) is 3.20. The minimum Gasteiger partial charge on any atom is -0.354 e. The Balaban J connectivity index is 2.36. The Morgan fingerprint density at radius 1 is 1.15 bits per heavy atom. The lowest BCUT2D eigenvalue weighted by Crippen LogP contribution is -2.51. The summed E-state index contributed by atoms with van der Waals surface area (Å²) in [5.41, 5.74) is 0.428. The maximum absolute atomic E-state index is 14.3. The number of carbonyl (C=O) groups excluding carboxylic acids is 2. The first-order valence-electron chi connectivity index (χ1n) is 10.6. The number of benzene rings is 2. The second-order valence-corrected chi connectivity index (χ2v) is 10.0. The van der Waals surface area contributed by atoms with Gasteiger partial charge in [0.25, 0.3) is 0 Å². The van der Waals surface area contributed by atoms with Gasteiger partial charge in [0.1, 0.15) is 18.4 Å². The van der Waals surface area contributed by atoms with Gasteiger partial charge in [-0.3, -0.25) is 13.9 Å². The predicted octanol–water partition coefficient (Wildman–Crippen LogP) is 3.58. The van der Waals surface area contributed by atoms with Gasteiger partial charge in [-0.1, -0.05) is 49.2 Å². The molecule has 0 heterocycles. The Hall–Kier alpha value is -2.65. The molecule has 2 rings (SSSR count). The number of amides is 2. The summed E-state index contributed by atoms with van der Waals surface area (Å²) in [6, 6.07) is 11.1. The smallest absolute Gasteiger partial charge is 0.244 e. The zero-order valence-electron chi connectivity index (χ0n) is 18.9. The zero-order chi connectivity index (χ0) is 24.6. The number of rotatable bonds is 11. The summed E-state index contributed by atoms with van der Waals surface area (Å²) in [6.07, 6.45) is 2.63. The van der Waals surface area contributed by atoms with Gasteiger partial charge in [0.2, 0.25) is 21.8 Å². The molecule has 33 heavy (non-hydrogen) atoms. The zero-order valence-corrected chi connectivity index (χ0v) is 20.5. The normalized spacial score (nSPS) is 12.2. The van der Waals surface area contributed by atoms with E-state index in [1.807, 2.05) is 6.92 Å². The lowest BCUT2D eigenvalue weighted by Gasteiger charge is -2.31. The van der Waals surface area contributed by atoms with Gasteiger partial charge in [0, 0.05) is 23.7 Å². The number of unbranched alkanes of at least 4 members (excludes halogenated alkanes) is 1. The molecule has 0 fully saturated rings. The largest absolute Gasteiger partial charge is 0.354 e. The van der Waals surface area contributed by atoms with E-state index in [4.69, 9.17) is 11.6 Å². The predicted molar refractivity (Wildman–Crippen MR) is 128 cm³/mol. The minimum atomic E-state index is -3.86. The first-order valence-corrected chi connectivity index (χ1v) is 12.8. The van der Waals surface area contributed by atoms with E-state index in [9.17, 15) is 22.4 Å². The van der Waals surface area contributed by atoms with Gasteiger partial charge in [0.05, 0.1) is 11.9 Å². The van der Waals surface area contributed by atoms with E-state index in [0.29, 0.717) is 11.6 Å². The molecule has 2 aromatic rings. The van der Waals surface area contributed by atoms with Crippen molar-refractivity contribution in [2.45, 2.75) is 39.3 Å². The summed E-state index contributed by atoms with van der Waals surface area (Å²) in [7, 11) is -3.86. The topological polar surface area (TPSA) is 86.8 Å². The van der Waals surface area contributed by atoms with Crippen molar-refractivity contribution >= 4 is 39.1 Å². The molecule has 0 aliphatic carbocycles. The molecule has 10 heteroatoms. The second-order valence-electron chi connectivity index (χ2n) is 7.68. The van der Waals surface area contributed by atoms with Crippen molar-refractivity contribution in [3.8, 4) is 0 Å². The monoisotopic (exact) mass is 497 g/mol. The Kier molecular flexibility index (Phi) is 9.67. The van der Waals surface area contributed by atoms with Crippen molar-refractivity contribution in [1.82, 2.24) is 10.2 Å². The Bertz CT molecular complexity index is 1080. The summed E-state index contributed by atoms with van der Waals surface area (Å²) >= 11 is 6.00. The SMILES string of the molecule is CCCCNC(=O)C(C)N(Cc1ccccc1F)C(=O)CN(c1cccc(Cl)c1)S(C)(=O)=O. The van der Waals surface area contributed by atoms with Crippen LogP contribution in [0.4, 0.5) is 10.1 Å². The van der Waals surface area contributed by atoms with Crippen LogP contribution in [0, 0.1) is 5.82 Å². The van der Waals surface area contributed by atoms with Crippen LogP contribution in [0.2, 0.25) is 5.02 Å². The van der Waals surface area contributed by atoms with E-state index in [2.05, 4.69) is 5.32 Å². The molecular weight excluding hydrogens is 469 g/mol. The van der Waals surface area contributed by atoms with Crippen molar-refractivity contribution in [3.05, 3.63) is 64.9 Å². The molecule has 7 nitrogen and oxygen atoms in total. The third kappa shape index (κ3) is 7.71. The van der Waals surface area contributed by atoms with Crippen molar-refractivity contribution in [2.24, 2.45) is 0 Å². The lowest BCUT2D eigenvalue weighted by atomic mass is 10.1. The number of hydrogen-bond acceptors (Lipinski definition) is 4. The van der Waals surface area contributed by atoms with Crippen LogP contribution in [0.1, 0.15) is 32.3 Å². The fourth-order valence-electron chi connectivity index (χ4n) is 3.17. The van der Waals surface area contributed by atoms with Gasteiger partial charge in [0.15, 0.2) is 0 Å². The van der Waals surface area contributed by atoms with Gasteiger partial charge >= 0.3 is 0 Å². The minimum absolute atomic E-state index is 0.193. The standard InChI is InChI=1S/C23H29ClFN3O4S/c1-4-5-13-26-23(30)17(2)27(15-18-9-6-7-12-21(18)25)22(29)16-28(33(3,31)32)20-11-8-10-19(24)14-20/h6-12,14,17H,4-5,13,15-16H2,1-3H3,(H,26,30). The second kappa shape index (κ2) is 12.0. The maximum Gasteiger partial charge on any atom is 0.244 e. The average Bonchev–Trinajstić information content (AvgIpc) is 2.75. The third-order valence-electron chi connectivity index (χ3n) is 5.07. The third-order valence-corrected chi connectivity index (χ3v) is 6.45. The highest BCUT2D eigenvalue weighted by Crippen LogP contribution is 2.22. The fraction of sp³-hybridized carbons (Fsp3) is 0.391. The molecule has 0 bridgehead atoms. The summed E-state index contributed by atoms with van der Waals surface area (Å²) in [5.74, 6) is -1.58. The fourth-order valence-corrected chi connectivity index (χ4v) is 4.20. The van der Waals surface area contributed by atoms with E-state index in [0.717, 1.165) is 23.4 Å². The highest BCUT2D eigenvalue weighted by atomic mass is 35.5. The van der Waals surface area contributed by atoms with Crippen LogP contribution in [0.15, 0.2) is 48.5 Å². The molecule has 180 valence electrons. The van der Waals surface area contributed by atoms with E-state index in [1.165, 1.54) is 42.2 Å². The number of nitrogens with zero attached hydrogens (tertiary/aromatic N) is 2. The number of nitrogens with one attached hydrogen (secondary N) is 1. The molecular formula is C23H29ClFN3O4S. The highest BCUT2D eigenvalue weighted by molar-refractivity contribution is 7.92. The van der Waals surface area contributed by atoms with Crippen molar-refractivity contribution < 1.29 is 22.4 Å². The Morgan fingerprint density at radius 3 is 2.45 bits per heavy atom. The van der Waals surface area contributed by atoms with Crippen molar-refractivity contribution in [2.75, 3.05) is 23.7 Å². The molecule has 1 N–H and O–H groups in total. The number of sulfonamides is 1. The van der Waals surface area contributed by atoms with Gasteiger partial charge in [-0.2, -0.15) is 0 Å². The van der Waals surface area contributed by atoms with Crippen LogP contribution in [-0.2, 0) is 26.2 Å². The Morgan fingerprint density at radius 2 is 1.85 bits per heavy atom. The van der Waals surface area contributed by atoms with E-state index in [-0.39, 0.29) is 17.8 Å². The highest BCUT2D eigenvalue weighted by Gasteiger charge is 2.30. The maximum atomic E-state index is 14.3. The molecule has 2 aromatic carbocycles. The van der Waals surface area contributed by atoms with E-state index < -0.39 is 40.2 Å². The number of carbonyl (C=O) groups is 2. The van der Waals surface area contributed by atoms with Gasteiger partial charge in [-0.15, -0.1) is 0 Å². The summed E-state index contributed by atoms with van der Waals surface area (Å²) in [4.78, 5) is 27.2. The molecule has 1 unspecified atom stereocenters. The van der Waals surface area contributed by atoms with Crippen LogP contribution in [0.3, 0.4) is 0 Å². The van der Waals surface area contributed by atoms with Crippen LogP contribution in [0.5, 0.6) is 0 Å². The van der Waals surface area contributed by atoms with Gasteiger partial charge in [-0.05, 0) is 37.6 Å². The molecule has 0 aromatic heterocycles. The van der Waals surface area contributed by atoms with Crippen LogP contribution < -0.4 is 9.62 Å². The molecule has 0 aliphatic heterocycles. The molecule has 0 spiro atoms. The van der Waals surface area contributed by atoms with E-state index in [1.54, 1.807) is 18.2 Å². The number of halogens is 2. The first kappa shape index (κ1) is 26.6. The summed E-state index contributed by atoms with van der Waals surface area (Å²) < 4.78 is 40.2. The molecule has 0 radical (unpaired) electrons. The first-order chi connectivity index (χ1) is 15.5. The molecule has 1 atom stereocenters. The molecule has 0 saturated carbocycles. The van der Waals surface area contributed by atoms with Crippen molar-refractivity contribution in [3.63, 3.8) is 0 Å². The summed E-state index contributed by atoms with van der Waals surface area (Å²) in [5, 5.41) is 3.07. The average molecular weight is 498 g/mol. The molecule has 2 amide bonds. The van der Waals surface area contributed by atoms with Crippen LogP contribution in [-0.4, -0.2) is 50.5 Å². The lowest BCUT2D eigenvalue weighted by molar-refractivity contribution is -0.139. The van der Waals surface area contributed by atoms with Crippen molar-refractivity contribution in [1.29, 1.82) is 0 Å². The van der Waals surface area contributed by atoms with E-state index >= 15 is 0 Å². The van der Waals surface area contributed by atoms with Gasteiger partial charge < -0.3 is 10.2 Å². The van der Waals surface area contributed by atoms with Crippen LogP contribution >= 0.6 is 11.6 Å². The van der Waals surface area contributed by atoms with Crippen LogP contribution in [0.25, 0.3) is 0 Å². The van der Waals surface area contributed by atoms with Gasteiger partial charge in [-0.25, -0.2) is 12.8 Å². The quantitative estimate of drug-likeness (QED) is 0.481. The number of anilines is 1.